The second-order valence-corrected chi connectivity index (χ2v) is 6.93. The van der Waals surface area contributed by atoms with Crippen LogP contribution in [0.2, 0.25) is 0 Å². The molecule has 2 aromatic heterocycles. The van der Waals surface area contributed by atoms with Gasteiger partial charge >= 0.3 is 12.1 Å². The maximum atomic E-state index is 14.3. The average Bonchev–Trinajstić information content (AvgIpc) is 2.66. The lowest BCUT2D eigenvalue weighted by Crippen LogP contribution is -2.45. The normalized spacial score (nSPS) is 16.7. The molecule has 1 fully saturated rings. The van der Waals surface area contributed by atoms with Crippen LogP contribution in [0, 0.1) is 5.82 Å². The second-order valence-electron chi connectivity index (χ2n) is 6.93. The number of fused-ring (bicyclic) bond motifs is 3. The summed E-state index contributed by atoms with van der Waals surface area (Å²) in [5, 5.41) is 0.157. The molecule has 0 saturated carbocycles. The van der Waals surface area contributed by atoms with E-state index < -0.39 is 23.5 Å². The summed E-state index contributed by atoms with van der Waals surface area (Å²) in [7, 11) is 1.96. The quantitative estimate of drug-likeness (QED) is 0.472. The van der Waals surface area contributed by atoms with E-state index in [1.54, 1.807) is 0 Å². The highest BCUT2D eigenvalue weighted by Gasteiger charge is 2.60. The molecule has 3 aromatic rings. The van der Waals surface area contributed by atoms with Gasteiger partial charge in [0.1, 0.15) is 17.7 Å². The summed E-state index contributed by atoms with van der Waals surface area (Å²) in [4.78, 5) is 16.4. The Labute approximate surface area is 161 Å². The predicted octanol–water partition coefficient (Wildman–Crippen LogP) is 3.72. The van der Waals surface area contributed by atoms with E-state index in [-0.39, 0.29) is 16.3 Å². The van der Waals surface area contributed by atoms with Crippen molar-refractivity contribution in [3.8, 4) is 0 Å². The number of halogens is 6. The summed E-state index contributed by atoms with van der Waals surface area (Å²) in [5.74, 6) is -6.60. The van der Waals surface area contributed by atoms with Crippen LogP contribution >= 0.6 is 0 Å². The molecule has 0 bridgehead atoms. The van der Waals surface area contributed by atoms with Gasteiger partial charge in [0.05, 0.1) is 11.1 Å². The maximum Gasteiger partial charge on any atom is 0.458 e. The molecule has 5 nitrogen and oxygen atoms in total. The Bertz CT molecular complexity index is 1080. The third-order valence-electron chi connectivity index (χ3n) is 5.02. The topological polar surface area (TPSA) is 45.2 Å². The van der Waals surface area contributed by atoms with Gasteiger partial charge in [-0.3, -0.25) is 0 Å². The molecule has 1 saturated heterocycles. The van der Waals surface area contributed by atoms with E-state index in [1.807, 2.05) is 11.9 Å². The summed E-state index contributed by atoms with van der Waals surface area (Å²) in [5.41, 5.74) is -1.48. The number of nitrogens with zero attached hydrogens (tertiary/aromatic N) is 5. The van der Waals surface area contributed by atoms with Crippen molar-refractivity contribution < 1.29 is 26.3 Å². The molecule has 0 atom stereocenters. The zero-order valence-corrected chi connectivity index (χ0v) is 15.1. The lowest BCUT2D eigenvalue weighted by Gasteiger charge is -2.33. The molecule has 29 heavy (non-hydrogen) atoms. The smallest absolute Gasteiger partial charge is 0.352 e. The van der Waals surface area contributed by atoms with Gasteiger partial charge in [0.2, 0.25) is 0 Å². The Kier molecular flexibility index (Phi) is 4.52. The number of likely N-dealkylation sites (N-methyl/N-ethyl adjacent to an activating group) is 1. The fraction of sp³-hybridized carbons (Fsp3) is 0.389. The van der Waals surface area contributed by atoms with Crippen LogP contribution in [0.1, 0.15) is 5.56 Å². The highest BCUT2D eigenvalue weighted by molar-refractivity contribution is 6.08. The van der Waals surface area contributed by atoms with Gasteiger partial charge in [-0.05, 0) is 13.1 Å². The number of hydrogen-bond donors (Lipinski definition) is 0. The molecule has 0 unspecified atom stereocenters. The van der Waals surface area contributed by atoms with Gasteiger partial charge < -0.3 is 9.80 Å². The van der Waals surface area contributed by atoms with Crippen LogP contribution in [0.25, 0.3) is 21.8 Å². The summed E-state index contributed by atoms with van der Waals surface area (Å²) in [6, 6.07) is 1.10. The van der Waals surface area contributed by atoms with Gasteiger partial charge in [-0.25, -0.2) is 19.3 Å². The van der Waals surface area contributed by atoms with Crippen molar-refractivity contribution in [3.05, 3.63) is 36.0 Å². The lowest BCUT2D eigenvalue weighted by atomic mass is 10.0. The van der Waals surface area contributed by atoms with E-state index in [0.29, 0.717) is 36.6 Å². The molecule has 4 rings (SSSR count). The Balaban J connectivity index is 1.95. The number of alkyl halides is 5. The Morgan fingerprint density at radius 1 is 0.966 bits per heavy atom. The van der Waals surface area contributed by atoms with Crippen molar-refractivity contribution in [2.75, 3.05) is 38.1 Å². The molecule has 154 valence electrons. The number of aromatic nitrogens is 3. The first-order valence-corrected chi connectivity index (χ1v) is 8.71. The molecule has 0 spiro atoms. The Morgan fingerprint density at radius 3 is 2.31 bits per heavy atom. The minimum absolute atomic E-state index is 0.0412. The summed E-state index contributed by atoms with van der Waals surface area (Å²) < 4.78 is 80.3. The predicted molar refractivity (Wildman–Crippen MR) is 94.5 cm³/mol. The van der Waals surface area contributed by atoms with Crippen LogP contribution in [-0.4, -0.2) is 59.3 Å². The summed E-state index contributed by atoms with van der Waals surface area (Å²) in [6.45, 7) is 2.72. The van der Waals surface area contributed by atoms with Gasteiger partial charge in [-0.1, -0.05) is 0 Å². The van der Waals surface area contributed by atoms with Crippen molar-refractivity contribution in [1.82, 2.24) is 19.9 Å². The Morgan fingerprint density at radius 2 is 1.66 bits per heavy atom. The minimum atomic E-state index is -5.93. The van der Waals surface area contributed by atoms with E-state index in [2.05, 4.69) is 19.9 Å². The molecular weight excluding hydrogens is 400 g/mol. The fourth-order valence-corrected chi connectivity index (χ4v) is 3.37. The third-order valence-corrected chi connectivity index (χ3v) is 5.02. The third kappa shape index (κ3) is 3.22. The van der Waals surface area contributed by atoms with Gasteiger partial charge in [0.25, 0.3) is 0 Å². The Hall–Kier alpha value is -2.69. The van der Waals surface area contributed by atoms with Crippen LogP contribution in [0.3, 0.4) is 0 Å². The van der Waals surface area contributed by atoms with Gasteiger partial charge in [0, 0.05) is 49.2 Å². The summed E-state index contributed by atoms with van der Waals surface area (Å²) >= 11 is 0. The molecular formula is C18H15F6N5. The average molecular weight is 415 g/mol. The van der Waals surface area contributed by atoms with Crippen LogP contribution in [0.5, 0.6) is 0 Å². The molecule has 0 amide bonds. The van der Waals surface area contributed by atoms with Crippen LogP contribution in [-0.2, 0) is 5.92 Å². The van der Waals surface area contributed by atoms with Crippen LogP contribution < -0.4 is 4.90 Å². The molecule has 1 aliphatic rings. The number of pyridine rings is 1. The number of rotatable bonds is 2. The second kappa shape index (κ2) is 6.68. The number of piperazine rings is 1. The zero-order valence-electron chi connectivity index (χ0n) is 15.1. The van der Waals surface area contributed by atoms with Crippen LogP contribution in [0.15, 0.2) is 24.7 Å². The molecule has 11 heteroatoms. The van der Waals surface area contributed by atoms with E-state index in [1.165, 1.54) is 12.5 Å². The largest absolute Gasteiger partial charge is 0.458 e. The first-order chi connectivity index (χ1) is 13.6. The van der Waals surface area contributed by atoms with Crippen molar-refractivity contribution >= 4 is 27.6 Å². The first-order valence-electron chi connectivity index (χ1n) is 8.71. The van der Waals surface area contributed by atoms with E-state index in [9.17, 15) is 26.3 Å². The molecule has 1 aromatic carbocycles. The molecule has 0 radical (unpaired) electrons. The number of anilines is 1. The first kappa shape index (κ1) is 19.6. The highest BCUT2D eigenvalue weighted by Crippen LogP contribution is 2.46. The minimum Gasteiger partial charge on any atom is -0.352 e. The van der Waals surface area contributed by atoms with Crippen molar-refractivity contribution in [1.29, 1.82) is 0 Å². The molecule has 3 heterocycles. The zero-order chi connectivity index (χ0) is 21.0. The van der Waals surface area contributed by atoms with E-state index in [4.69, 9.17) is 0 Å². The maximum absolute atomic E-state index is 14.3. The van der Waals surface area contributed by atoms with E-state index in [0.717, 1.165) is 13.1 Å². The highest BCUT2D eigenvalue weighted by atomic mass is 19.4. The summed E-state index contributed by atoms with van der Waals surface area (Å²) in [6.07, 6.45) is -3.38. The van der Waals surface area contributed by atoms with Crippen molar-refractivity contribution in [3.63, 3.8) is 0 Å². The van der Waals surface area contributed by atoms with E-state index >= 15 is 0 Å². The van der Waals surface area contributed by atoms with Crippen molar-refractivity contribution in [2.24, 2.45) is 0 Å². The lowest BCUT2D eigenvalue weighted by molar-refractivity contribution is -0.290. The molecule has 0 aliphatic carbocycles. The number of benzene rings is 1. The molecule has 1 aliphatic heterocycles. The van der Waals surface area contributed by atoms with Gasteiger partial charge in [-0.2, -0.15) is 22.0 Å². The standard InChI is InChI=1S/C18H15F6N5/c1-28-2-4-29(5-3-28)16-15-11(8-25-9-26-15)10-6-12(13(19)7-14(10)27-16)17(20,21)18(22,23)24/h6-9H,2-5H2,1H3. The van der Waals surface area contributed by atoms with Crippen molar-refractivity contribution in [2.45, 2.75) is 12.1 Å². The fourth-order valence-electron chi connectivity index (χ4n) is 3.37. The molecule has 0 N–H and O–H groups in total. The van der Waals surface area contributed by atoms with Gasteiger partial charge in [-0.15, -0.1) is 0 Å². The monoisotopic (exact) mass is 415 g/mol. The number of hydrogen-bond acceptors (Lipinski definition) is 5. The SMILES string of the molecule is CN1CCN(c2nc3cc(F)c(C(F)(F)C(F)(F)F)cc3c3cncnc23)CC1. The van der Waals surface area contributed by atoms with Gasteiger partial charge in [0.15, 0.2) is 5.82 Å². The van der Waals surface area contributed by atoms with Crippen LogP contribution in [0.4, 0.5) is 32.2 Å².